The first kappa shape index (κ1) is 15.4. The highest BCUT2D eigenvalue weighted by Crippen LogP contribution is 2.10. The van der Waals surface area contributed by atoms with Gasteiger partial charge in [0.15, 0.2) is 0 Å². The van der Waals surface area contributed by atoms with E-state index < -0.39 is 0 Å². The Bertz CT molecular complexity index is 635. The van der Waals surface area contributed by atoms with Gasteiger partial charge < -0.3 is 10.1 Å². The van der Waals surface area contributed by atoms with E-state index in [9.17, 15) is 4.79 Å². The van der Waals surface area contributed by atoms with Gasteiger partial charge in [0.05, 0.1) is 17.3 Å². The van der Waals surface area contributed by atoms with Gasteiger partial charge >= 0.3 is 0 Å². The Morgan fingerprint density at radius 1 is 1.38 bits per heavy atom. The number of amides is 1. The molecule has 0 aliphatic rings. The van der Waals surface area contributed by atoms with Crippen molar-refractivity contribution in [2.24, 2.45) is 0 Å². The number of aryl methyl sites for hydroxylation is 1. The van der Waals surface area contributed by atoms with Crippen molar-refractivity contribution in [3.05, 3.63) is 57.6 Å². The fourth-order valence-electron chi connectivity index (χ4n) is 1.89. The molecule has 1 amide bonds. The maximum Gasteiger partial charge on any atom is 0.244 e. The van der Waals surface area contributed by atoms with Crippen molar-refractivity contribution in [2.75, 3.05) is 7.11 Å². The largest absolute Gasteiger partial charge is 0.380 e. The molecule has 0 atom stereocenters. The average Bonchev–Trinajstić information content (AvgIpc) is 2.90. The molecule has 110 valence electrons. The molecule has 21 heavy (non-hydrogen) atoms. The number of nitrogens with one attached hydrogen (secondary N) is 1. The summed E-state index contributed by atoms with van der Waals surface area (Å²) >= 11 is 1.57. The molecule has 1 aromatic heterocycles. The normalized spacial score (nSPS) is 11.0. The zero-order chi connectivity index (χ0) is 15.1. The van der Waals surface area contributed by atoms with Crippen molar-refractivity contribution >= 4 is 23.3 Å². The highest BCUT2D eigenvalue weighted by atomic mass is 32.1. The van der Waals surface area contributed by atoms with Crippen molar-refractivity contribution in [2.45, 2.75) is 20.1 Å². The molecule has 2 rings (SSSR count). The van der Waals surface area contributed by atoms with Crippen LogP contribution < -0.4 is 5.32 Å². The lowest BCUT2D eigenvalue weighted by atomic mass is 10.1. The fraction of sp³-hybridized carbons (Fsp3) is 0.250. The van der Waals surface area contributed by atoms with E-state index in [1.54, 1.807) is 24.5 Å². The van der Waals surface area contributed by atoms with Crippen molar-refractivity contribution in [3.63, 3.8) is 0 Å². The topological polar surface area (TPSA) is 51.2 Å². The molecule has 0 aliphatic heterocycles. The zero-order valence-corrected chi connectivity index (χ0v) is 12.9. The predicted octanol–water partition coefficient (Wildman–Crippen LogP) is 2.93. The second-order valence-corrected chi connectivity index (χ2v) is 5.61. The Morgan fingerprint density at radius 3 is 2.81 bits per heavy atom. The van der Waals surface area contributed by atoms with Crippen LogP contribution in [0.2, 0.25) is 0 Å². The van der Waals surface area contributed by atoms with Gasteiger partial charge in [-0.15, -0.1) is 11.3 Å². The number of nitrogens with zero attached hydrogens (tertiary/aromatic N) is 1. The summed E-state index contributed by atoms with van der Waals surface area (Å²) in [5.41, 5.74) is 2.96. The molecule has 0 saturated heterocycles. The molecule has 2 aromatic rings. The van der Waals surface area contributed by atoms with Crippen molar-refractivity contribution in [1.29, 1.82) is 0 Å². The highest BCUT2D eigenvalue weighted by Gasteiger charge is 2.03. The van der Waals surface area contributed by atoms with Gasteiger partial charge in [0, 0.05) is 25.1 Å². The third-order valence-corrected chi connectivity index (χ3v) is 3.71. The van der Waals surface area contributed by atoms with Crippen LogP contribution in [-0.4, -0.2) is 18.0 Å². The lowest BCUT2D eigenvalue weighted by molar-refractivity contribution is -0.116. The molecule has 0 aliphatic carbocycles. The number of ether oxygens (including phenoxy) is 1. The van der Waals surface area contributed by atoms with Crippen LogP contribution in [0, 0.1) is 6.92 Å². The van der Waals surface area contributed by atoms with Gasteiger partial charge in [-0.25, -0.2) is 4.98 Å². The van der Waals surface area contributed by atoms with Crippen LogP contribution >= 0.6 is 11.3 Å². The lowest BCUT2D eigenvalue weighted by Crippen LogP contribution is -2.21. The van der Waals surface area contributed by atoms with E-state index in [-0.39, 0.29) is 5.91 Å². The Balaban J connectivity index is 1.90. The molecule has 0 saturated carbocycles. The molecule has 0 spiro atoms. The third kappa shape index (κ3) is 4.81. The maximum atomic E-state index is 11.8. The van der Waals surface area contributed by atoms with E-state index in [0.717, 1.165) is 21.8 Å². The second kappa shape index (κ2) is 7.71. The van der Waals surface area contributed by atoms with E-state index in [1.807, 2.05) is 36.6 Å². The molecule has 1 N–H and O–H groups in total. The molecular weight excluding hydrogens is 284 g/mol. The van der Waals surface area contributed by atoms with Gasteiger partial charge in [-0.2, -0.15) is 0 Å². The van der Waals surface area contributed by atoms with Crippen molar-refractivity contribution < 1.29 is 9.53 Å². The minimum Gasteiger partial charge on any atom is -0.380 e. The monoisotopic (exact) mass is 302 g/mol. The molecule has 1 aromatic carbocycles. The van der Waals surface area contributed by atoms with Crippen LogP contribution in [0.4, 0.5) is 0 Å². The quantitative estimate of drug-likeness (QED) is 0.835. The van der Waals surface area contributed by atoms with Gasteiger partial charge in [0.1, 0.15) is 0 Å². The Labute approximate surface area is 128 Å². The Hall–Kier alpha value is -1.98. The van der Waals surface area contributed by atoms with Gasteiger partial charge in [0.25, 0.3) is 0 Å². The molecule has 0 bridgehead atoms. The standard InChI is InChI=1S/C16H18N2O2S/c1-12-18-15(11-21-12)7-8-16(19)17-9-13-5-3-4-6-14(13)10-20-2/h3-8,11H,9-10H2,1-2H3,(H,17,19)/b8-7+. The number of methoxy groups -OCH3 is 1. The molecule has 4 nitrogen and oxygen atoms in total. The smallest absolute Gasteiger partial charge is 0.244 e. The first-order valence-electron chi connectivity index (χ1n) is 6.63. The molecule has 0 radical (unpaired) electrons. The number of rotatable bonds is 6. The van der Waals surface area contributed by atoms with Crippen LogP contribution in [0.5, 0.6) is 0 Å². The molecule has 5 heteroatoms. The number of hydrogen-bond acceptors (Lipinski definition) is 4. The molecule has 1 heterocycles. The van der Waals surface area contributed by atoms with Crippen LogP contribution in [-0.2, 0) is 22.7 Å². The SMILES string of the molecule is COCc1ccccc1CNC(=O)/C=C/c1csc(C)n1. The number of hydrogen-bond donors (Lipinski definition) is 1. The number of benzene rings is 1. The average molecular weight is 302 g/mol. The first-order valence-corrected chi connectivity index (χ1v) is 7.51. The fourth-order valence-corrected chi connectivity index (χ4v) is 2.47. The van der Waals surface area contributed by atoms with Crippen LogP contribution in [0.1, 0.15) is 21.8 Å². The number of carbonyl (C=O) groups is 1. The summed E-state index contributed by atoms with van der Waals surface area (Å²) < 4.78 is 5.15. The van der Waals surface area contributed by atoms with Crippen LogP contribution in [0.25, 0.3) is 6.08 Å². The summed E-state index contributed by atoms with van der Waals surface area (Å²) in [6.07, 6.45) is 3.23. The Kier molecular flexibility index (Phi) is 5.66. The Morgan fingerprint density at radius 2 is 2.14 bits per heavy atom. The maximum absolute atomic E-state index is 11.8. The number of thiazole rings is 1. The minimum atomic E-state index is -0.132. The van der Waals surface area contributed by atoms with Gasteiger partial charge in [-0.05, 0) is 24.1 Å². The van der Waals surface area contributed by atoms with E-state index in [2.05, 4.69) is 10.3 Å². The summed E-state index contributed by atoms with van der Waals surface area (Å²) in [6, 6.07) is 7.90. The summed E-state index contributed by atoms with van der Waals surface area (Å²) in [5, 5.41) is 5.78. The third-order valence-electron chi connectivity index (χ3n) is 2.91. The van der Waals surface area contributed by atoms with Crippen LogP contribution in [0.15, 0.2) is 35.7 Å². The number of carbonyl (C=O) groups excluding carboxylic acids is 1. The van der Waals surface area contributed by atoms with Gasteiger partial charge in [-0.3, -0.25) is 4.79 Å². The predicted molar refractivity (Wildman–Crippen MR) is 84.9 cm³/mol. The van der Waals surface area contributed by atoms with E-state index in [1.165, 1.54) is 6.08 Å². The van der Waals surface area contributed by atoms with E-state index >= 15 is 0 Å². The summed E-state index contributed by atoms with van der Waals surface area (Å²) in [4.78, 5) is 16.1. The van der Waals surface area contributed by atoms with E-state index in [0.29, 0.717) is 13.2 Å². The van der Waals surface area contributed by atoms with Gasteiger partial charge in [0.2, 0.25) is 5.91 Å². The summed E-state index contributed by atoms with van der Waals surface area (Å²) in [7, 11) is 1.66. The van der Waals surface area contributed by atoms with Crippen molar-refractivity contribution in [1.82, 2.24) is 10.3 Å². The summed E-state index contributed by atoms with van der Waals surface area (Å²) in [5.74, 6) is -0.132. The molecule has 0 unspecified atom stereocenters. The summed E-state index contributed by atoms with van der Waals surface area (Å²) in [6.45, 7) is 2.97. The zero-order valence-electron chi connectivity index (χ0n) is 12.1. The molecular formula is C16H18N2O2S. The molecule has 0 fully saturated rings. The van der Waals surface area contributed by atoms with Crippen molar-refractivity contribution in [3.8, 4) is 0 Å². The first-order chi connectivity index (χ1) is 10.2. The van der Waals surface area contributed by atoms with Gasteiger partial charge in [-0.1, -0.05) is 24.3 Å². The second-order valence-electron chi connectivity index (χ2n) is 4.54. The highest BCUT2D eigenvalue weighted by molar-refractivity contribution is 7.09. The van der Waals surface area contributed by atoms with E-state index in [4.69, 9.17) is 4.74 Å². The number of aromatic nitrogens is 1. The lowest BCUT2D eigenvalue weighted by Gasteiger charge is -2.08. The minimum absolute atomic E-state index is 0.132. The van der Waals surface area contributed by atoms with Crippen LogP contribution in [0.3, 0.4) is 0 Å².